The Morgan fingerprint density at radius 1 is 1.20 bits per heavy atom. The minimum absolute atomic E-state index is 0.113. The number of nitro groups is 1. The van der Waals surface area contributed by atoms with Crippen LogP contribution < -0.4 is 4.74 Å². The number of benzene rings is 2. The highest BCUT2D eigenvalue weighted by molar-refractivity contribution is 6.32. The second-order valence-corrected chi connectivity index (χ2v) is 4.18. The van der Waals surface area contributed by atoms with Crippen LogP contribution in [0.3, 0.4) is 0 Å². The summed E-state index contributed by atoms with van der Waals surface area (Å²) in [5.74, 6) is -1.17. The second-order valence-electron chi connectivity index (χ2n) is 3.78. The number of nitrogens with zero attached hydrogens (tertiary/aromatic N) is 1. The van der Waals surface area contributed by atoms with Gasteiger partial charge in [0.25, 0.3) is 0 Å². The molecule has 0 amide bonds. The van der Waals surface area contributed by atoms with Gasteiger partial charge in [0.15, 0.2) is 0 Å². The summed E-state index contributed by atoms with van der Waals surface area (Å²) in [5.41, 5.74) is -0.451. The van der Waals surface area contributed by atoms with Gasteiger partial charge in [0, 0.05) is 12.1 Å². The average Bonchev–Trinajstić information content (AvgIpc) is 2.41. The van der Waals surface area contributed by atoms with Gasteiger partial charge >= 0.3 is 11.7 Å². The van der Waals surface area contributed by atoms with Crippen LogP contribution in [0, 0.1) is 10.1 Å². The van der Waals surface area contributed by atoms with Crippen molar-refractivity contribution in [2.75, 3.05) is 0 Å². The van der Waals surface area contributed by atoms with E-state index in [1.807, 2.05) is 0 Å². The first-order valence-electron chi connectivity index (χ1n) is 5.43. The zero-order valence-electron chi connectivity index (χ0n) is 9.95. The Bertz CT molecular complexity index is 686. The van der Waals surface area contributed by atoms with Gasteiger partial charge in [0.1, 0.15) is 5.75 Å². The number of hydrogen-bond acceptors (Lipinski definition) is 4. The molecule has 7 heteroatoms. The molecule has 0 heterocycles. The second kappa shape index (κ2) is 5.58. The van der Waals surface area contributed by atoms with Crippen molar-refractivity contribution in [3.05, 3.63) is 63.2 Å². The van der Waals surface area contributed by atoms with E-state index in [4.69, 9.17) is 21.4 Å². The molecular formula is C13H8ClNO5. The fraction of sp³-hybridized carbons (Fsp3) is 0. The molecule has 0 saturated heterocycles. The Morgan fingerprint density at radius 3 is 2.50 bits per heavy atom. The molecule has 0 spiro atoms. The lowest BCUT2D eigenvalue weighted by Crippen LogP contribution is -1.99. The van der Waals surface area contributed by atoms with Crippen LogP contribution in [0.15, 0.2) is 42.5 Å². The van der Waals surface area contributed by atoms with Crippen LogP contribution in [0.25, 0.3) is 0 Å². The molecule has 20 heavy (non-hydrogen) atoms. The van der Waals surface area contributed by atoms with Crippen molar-refractivity contribution < 1.29 is 19.6 Å². The Balaban J connectivity index is 2.48. The zero-order valence-corrected chi connectivity index (χ0v) is 10.7. The third-order valence-electron chi connectivity index (χ3n) is 2.46. The highest BCUT2D eigenvalue weighted by Gasteiger charge is 2.19. The van der Waals surface area contributed by atoms with Crippen molar-refractivity contribution in [2.45, 2.75) is 0 Å². The molecule has 2 rings (SSSR count). The fourth-order valence-electron chi connectivity index (χ4n) is 1.53. The third-order valence-corrected chi connectivity index (χ3v) is 2.77. The molecule has 0 saturated carbocycles. The van der Waals surface area contributed by atoms with E-state index < -0.39 is 10.9 Å². The minimum atomic E-state index is -1.20. The maximum absolute atomic E-state index is 10.9. The molecule has 2 aromatic rings. The Morgan fingerprint density at radius 2 is 1.90 bits per heavy atom. The molecule has 1 N–H and O–H groups in total. The van der Waals surface area contributed by atoms with Crippen LogP contribution in [0.2, 0.25) is 5.02 Å². The van der Waals surface area contributed by atoms with Crippen molar-refractivity contribution in [3.63, 3.8) is 0 Å². The molecule has 6 nitrogen and oxygen atoms in total. The van der Waals surface area contributed by atoms with Crippen LogP contribution in [0.5, 0.6) is 11.5 Å². The summed E-state index contributed by atoms with van der Waals surface area (Å²) in [6, 6.07) is 9.72. The average molecular weight is 294 g/mol. The van der Waals surface area contributed by atoms with Crippen molar-refractivity contribution in [2.24, 2.45) is 0 Å². The monoisotopic (exact) mass is 293 g/mol. The number of halogens is 1. The van der Waals surface area contributed by atoms with Crippen LogP contribution in [0.1, 0.15) is 10.4 Å². The van der Waals surface area contributed by atoms with Crippen LogP contribution in [0.4, 0.5) is 5.69 Å². The third kappa shape index (κ3) is 2.86. The highest BCUT2D eigenvalue weighted by atomic mass is 35.5. The van der Waals surface area contributed by atoms with E-state index in [1.54, 1.807) is 18.2 Å². The van der Waals surface area contributed by atoms with E-state index in [0.717, 1.165) is 18.2 Å². The summed E-state index contributed by atoms with van der Waals surface area (Å²) in [7, 11) is 0. The summed E-state index contributed by atoms with van der Waals surface area (Å²) >= 11 is 5.90. The van der Waals surface area contributed by atoms with Gasteiger partial charge in [-0.3, -0.25) is 10.1 Å². The van der Waals surface area contributed by atoms with Gasteiger partial charge in [0.05, 0.1) is 15.5 Å². The predicted octanol–water partition coefficient (Wildman–Crippen LogP) is 3.74. The SMILES string of the molecule is O=C(O)c1ccc([N+](=O)[O-])c(Oc2ccccc2Cl)c1. The van der Waals surface area contributed by atoms with Crippen molar-refractivity contribution in [1.29, 1.82) is 0 Å². The van der Waals surface area contributed by atoms with Crippen molar-refractivity contribution in [3.8, 4) is 11.5 Å². The van der Waals surface area contributed by atoms with Crippen LogP contribution in [-0.4, -0.2) is 16.0 Å². The quantitative estimate of drug-likeness (QED) is 0.685. The molecular weight excluding hydrogens is 286 g/mol. The van der Waals surface area contributed by atoms with Gasteiger partial charge in [-0.2, -0.15) is 0 Å². The number of carboxylic acid groups (broad SMARTS) is 1. The molecule has 0 aliphatic carbocycles. The lowest BCUT2D eigenvalue weighted by atomic mass is 10.2. The first-order valence-corrected chi connectivity index (χ1v) is 5.81. The highest BCUT2D eigenvalue weighted by Crippen LogP contribution is 2.35. The summed E-state index contributed by atoms with van der Waals surface area (Å²) in [4.78, 5) is 21.2. The number of para-hydroxylation sites is 1. The topological polar surface area (TPSA) is 89.7 Å². The first-order chi connectivity index (χ1) is 9.49. The smallest absolute Gasteiger partial charge is 0.335 e. The molecule has 0 aromatic heterocycles. The van der Waals surface area contributed by atoms with Crippen molar-refractivity contribution >= 4 is 23.3 Å². The molecule has 0 radical (unpaired) electrons. The molecule has 0 aliphatic rings. The number of hydrogen-bond donors (Lipinski definition) is 1. The first kappa shape index (κ1) is 13.8. The van der Waals surface area contributed by atoms with Gasteiger partial charge < -0.3 is 9.84 Å². The van der Waals surface area contributed by atoms with Crippen molar-refractivity contribution in [1.82, 2.24) is 0 Å². The summed E-state index contributed by atoms with van der Waals surface area (Å²) < 4.78 is 5.36. The number of carbonyl (C=O) groups is 1. The van der Waals surface area contributed by atoms with Gasteiger partial charge in [-0.05, 0) is 18.2 Å². The molecule has 0 fully saturated rings. The number of nitro benzene ring substituents is 1. The fourth-order valence-corrected chi connectivity index (χ4v) is 1.70. The van der Waals surface area contributed by atoms with E-state index in [0.29, 0.717) is 0 Å². The molecule has 0 atom stereocenters. The van der Waals surface area contributed by atoms with E-state index in [2.05, 4.69) is 0 Å². The van der Waals surface area contributed by atoms with E-state index >= 15 is 0 Å². The lowest BCUT2D eigenvalue weighted by molar-refractivity contribution is -0.385. The molecule has 102 valence electrons. The number of ether oxygens (including phenoxy) is 1. The Hall–Kier alpha value is -2.60. The van der Waals surface area contributed by atoms with Crippen LogP contribution in [-0.2, 0) is 0 Å². The number of rotatable bonds is 4. The molecule has 0 bridgehead atoms. The van der Waals surface area contributed by atoms with Crippen LogP contribution >= 0.6 is 11.6 Å². The summed E-state index contributed by atoms with van der Waals surface area (Å²) in [5, 5.41) is 20.1. The van der Waals surface area contributed by atoms with Gasteiger partial charge in [-0.25, -0.2) is 4.79 Å². The van der Waals surface area contributed by atoms with Gasteiger partial charge in [-0.1, -0.05) is 23.7 Å². The lowest BCUT2D eigenvalue weighted by Gasteiger charge is -2.08. The van der Waals surface area contributed by atoms with E-state index in [1.165, 1.54) is 6.07 Å². The Kier molecular flexibility index (Phi) is 3.86. The predicted molar refractivity (Wildman–Crippen MR) is 71.6 cm³/mol. The largest absolute Gasteiger partial charge is 0.478 e. The van der Waals surface area contributed by atoms with E-state index in [9.17, 15) is 14.9 Å². The number of carboxylic acids is 1. The van der Waals surface area contributed by atoms with E-state index in [-0.39, 0.29) is 27.8 Å². The maximum atomic E-state index is 10.9. The standard InChI is InChI=1S/C13H8ClNO5/c14-9-3-1-2-4-11(9)20-12-7-8(13(16)17)5-6-10(12)15(18)19/h1-7H,(H,16,17). The Labute approximate surface area is 118 Å². The minimum Gasteiger partial charge on any atom is -0.478 e. The summed E-state index contributed by atoms with van der Waals surface area (Å²) in [6.07, 6.45) is 0. The number of aromatic carboxylic acids is 1. The van der Waals surface area contributed by atoms with Gasteiger partial charge in [-0.15, -0.1) is 0 Å². The molecule has 0 unspecified atom stereocenters. The maximum Gasteiger partial charge on any atom is 0.335 e. The van der Waals surface area contributed by atoms with Gasteiger partial charge in [0.2, 0.25) is 5.75 Å². The zero-order chi connectivity index (χ0) is 14.7. The summed E-state index contributed by atoms with van der Waals surface area (Å²) in [6.45, 7) is 0. The normalized spacial score (nSPS) is 10.1. The molecule has 2 aromatic carbocycles. The molecule has 0 aliphatic heterocycles.